The summed E-state index contributed by atoms with van der Waals surface area (Å²) in [6.45, 7) is 2.15. The highest BCUT2D eigenvalue weighted by molar-refractivity contribution is 5.94. The molecule has 4 rings (SSSR count). The number of ketones is 2. The normalized spacial score (nSPS) is 33.0. The Balaban J connectivity index is 1.89. The number of carbonyl (C=O) groups is 2. The molecule has 0 unspecified atom stereocenters. The van der Waals surface area contributed by atoms with E-state index in [2.05, 4.69) is 6.92 Å². The van der Waals surface area contributed by atoms with Crippen molar-refractivity contribution in [3.63, 3.8) is 0 Å². The van der Waals surface area contributed by atoms with Crippen LogP contribution in [0.4, 0.5) is 0 Å². The van der Waals surface area contributed by atoms with Gasteiger partial charge in [0, 0.05) is 18.3 Å². The van der Waals surface area contributed by atoms with Crippen LogP contribution in [0.2, 0.25) is 0 Å². The highest BCUT2D eigenvalue weighted by atomic mass is 16.1. The summed E-state index contributed by atoms with van der Waals surface area (Å²) in [4.78, 5) is 23.8. The van der Waals surface area contributed by atoms with Gasteiger partial charge in [-0.2, -0.15) is 0 Å². The molecule has 2 heteroatoms. The third kappa shape index (κ3) is 1.51. The molecule has 0 heterocycles. The number of hydrogen-bond acceptors (Lipinski definition) is 2. The molecule has 0 aromatic rings. The molecule has 0 amide bonds. The standard InChI is InChI=1S/C18H20O2/c1-18-9-8-14-13-5-3-12(19)10-11(13)2-4-15(14)16(18)6-7-17(18)20/h10H,2-9H2,1H3/t18-/m0/s1. The molecule has 0 saturated heterocycles. The van der Waals surface area contributed by atoms with E-state index < -0.39 is 0 Å². The number of allylic oxidation sites excluding steroid dienone is 6. The van der Waals surface area contributed by atoms with E-state index in [9.17, 15) is 9.59 Å². The van der Waals surface area contributed by atoms with Crippen molar-refractivity contribution >= 4 is 11.6 Å². The van der Waals surface area contributed by atoms with E-state index in [1.54, 1.807) is 0 Å². The van der Waals surface area contributed by atoms with E-state index in [0.717, 1.165) is 44.9 Å². The summed E-state index contributed by atoms with van der Waals surface area (Å²) in [6.07, 6.45) is 9.21. The number of fused-ring (bicyclic) bond motifs is 3. The van der Waals surface area contributed by atoms with Gasteiger partial charge < -0.3 is 0 Å². The van der Waals surface area contributed by atoms with Gasteiger partial charge in [0.1, 0.15) is 5.78 Å². The summed E-state index contributed by atoms with van der Waals surface area (Å²) in [5, 5.41) is 0. The van der Waals surface area contributed by atoms with Crippen molar-refractivity contribution in [2.24, 2.45) is 5.41 Å². The van der Waals surface area contributed by atoms with Gasteiger partial charge in [-0.25, -0.2) is 0 Å². The Morgan fingerprint density at radius 1 is 0.850 bits per heavy atom. The Morgan fingerprint density at radius 3 is 2.50 bits per heavy atom. The summed E-state index contributed by atoms with van der Waals surface area (Å²) < 4.78 is 0. The highest BCUT2D eigenvalue weighted by Crippen LogP contribution is 2.55. The van der Waals surface area contributed by atoms with Crippen molar-refractivity contribution < 1.29 is 9.59 Å². The fourth-order valence-electron chi connectivity index (χ4n) is 4.67. The Labute approximate surface area is 119 Å². The molecule has 0 bridgehead atoms. The fraction of sp³-hybridized carbons (Fsp3) is 0.556. The minimum absolute atomic E-state index is 0.162. The quantitative estimate of drug-likeness (QED) is 0.669. The number of Topliss-reactive ketones (excluding diaryl/α,β-unsaturated/α-hetero) is 1. The van der Waals surface area contributed by atoms with Crippen LogP contribution < -0.4 is 0 Å². The summed E-state index contributed by atoms with van der Waals surface area (Å²) >= 11 is 0. The highest BCUT2D eigenvalue weighted by Gasteiger charge is 2.46. The second kappa shape index (κ2) is 4.03. The van der Waals surface area contributed by atoms with Crippen LogP contribution in [-0.4, -0.2) is 11.6 Å². The smallest absolute Gasteiger partial charge is 0.156 e. The van der Waals surface area contributed by atoms with Crippen LogP contribution in [0.3, 0.4) is 0 Å². The first kappa shape index (κ1) is 12.3. The van der Waals surface area contributed by atoms with Crippen molar-refractivity contribution in [1.29, 1.82) is 0 Å². The molecule has 4 aliphatic carbocycles. The monoisotopic (exact) mass is 268 g/mol. The fourth-order valence-corrected chi connectivity index (χ4v) is 4.67. The largest absolute Gasteiger partial charge is 0.299 e. The topological polar surface area (TPSA) is 34.1 Å². The summed E-state index contributed by atoms with van der Waals surface area (Å²) in [5.41, 5.74) is 6.99. The van der Waals surface area contributed by atoms with Crippen LogP contribution in [0.25, 0.3) is 0 Å². The minimum Gasteiger partial charge on any atom is -0.299 e. The minimum atomic E-state index is -0.162. The molecule has 104 valence electrons. The predicted molar refractivity (Wildman–Crippen MR) is 77.2 cm³/mol. The maximum atomic E-state index is 12.2. The first-order valence-corrected chi connectivity index (χ1v) is 7.81. The average molecular weight is 268 g/mol. The maximum Gasteiger partial charge on any atom is 0.156 e. The number of hydrogen-bond donors (Lipinski definition) is 0. The summed E-state index contributed by atoms with van der Waals surface area (Å²) in [5.74, 6) is 0.737. The molecule has 0 aromatic heterocycles. The van der Waals surface area contributed by atoms with Crippen LogP contribution in [0, 0.1) is 5.41 Å². The second-order valence-electron chi connectivity index (χ2n) is 6.81. The second-order valence-corrected chi connectivity index (χ2v) is 6.81. The first-order valence-electron chi connectivity index (χ1n) is 7.81. The summed E-state index contributed by atoms with van der Waals surface area (Å²) in [7, 11) is 0. The van der Waals surface area contributed by atoms with E-state index in [-0.39, 0.29) is 11.2 Å². The van der Waals surface area contributed by atoms with Gasteiger partial charge in [0.05, 0.1) is 0 Å². The van der Waals surface area contributed by atoms with Crippen LogP contribution in [-0.2, 0) is 9.59 Å². The van der Waals surface area contributed by atoms with Crippen molar-refractivity contribution in [2.75, 3.05) is 0 Å². The van der Waals surface area contributed by atoms with Gasteiger partial charge in [-0.15, -0.1) is 0 Å². The van der Waals surface area contributed by atoms with Crippen LogP contribution in [0.1, 0.15) is 58.3 Å². The zero-order valence-corrected chi connectivity index (χ0v) is 12.1. The molecule has 2 nitrogen and oxygen atoms in total. The molecule has 1 saturated carbocycles. The molecule has 1 fully saturated rings. The van der Waals surface area contributed by atoms with Gasteiger partial charge in [-0.1, -0.05) is 5.57 Å². The van der Waals surface area contributed by atoms with Crippen molar-refractivity contribution in [2.45, 2.75) is 58.3 Å². The number of carbonyl (C=O) groups excluding carboxylic acids is 2. The van der Waals surface area contributed by atoms with Crippen molar-refractivity contribution in [3.8, 4) is 0 Å². The van der Waals surface area contributed by atoms with E-state index in [0.29, 0.717) is 12.2 Å². The van der Waals surface area contributed by atoms with E-state index in [1.165, 1.54) is 27.9 Å². The van der Waals surface area contributed by atoms with E-state index in [4.69, 9.17) is 0 Å². The maximum absolute atomic E-state index is 12.2. The van der Waals surface area contributed by atoms with Crippen molar-refractivity contribution in [1.82, 2.24) is 0 Å². The molecule has 20 heavy (non-hydrogen) atoms. The van der Waals surface area contributed by atoms with Crippen LogP contribution in [0.5, 0.6) is 0 Å². The molecule has 4 aliphatic rings. The van der Waals surface area contributed by atoms with Gasteiger partial charge >= 0.3 is 0 Å². The van der Waals surface area contributed by atoms with Gasteiger partial charge in [0.2, 0.25) is 0 Å². The third-order valence-electron chi connectivity index (χ3n) is 5.84. The lowest BCUT2D eigenvalue weighted by molar-refractivity contribution is -0.124. The van der Waals surface area contributed by atoms with Gasteiger partial charge in [0.15, 0.2) is 5.78 Å². The molecule has 0 aromatic carbocycles. The molecular formula is C18H20O2. The van der Waals surface area contributed by atoms with Gasteiger partial charge in [0.25, 0.3) is 0 Å². The third-order valence-corrected chi connectivity index (χ3v) is 5.84. The van der Waals surface area contributed by atoms with E-state index >= 15 is 0 Å². The average Bonchev–Trinajstić information content (AvgIpc) is 2.74. The molecule has 0 radical (unpaired) electrons. The molecular weight excluding hydrogens is 248 g/mol. The lowest BCUT2D eigenvalue weighted by Gasteiger charge is -2.38. The predicted octanol–water partition coefficient (Wildman–Crippen LogP) is 3.83. The zero-order valence-electron chi connectivity index (χ0n) is 12.1. The van der Waals surface area contributed by atoms with E-state index in [1.807, 2.05) is 6.08 Å². The number of rotatable bonds is 0. The Kier molecular flexibility index (Phi) is 2.48. The Bertz CT molecular complexity index is 630. The lowest BCUT2D eigenvalue weighted by Crippen LogP contribution is -2.29. The van der Waals surface area contributed by atoms with Gasteiger partial charge in [-0.05, 0) is 73.8 Å². The molecule has 1 atom stereocenters. The Hall–Kier alpha value is -1.44. The summed E-state index contributed by atoms with van der Waals surface area (Å²) in [6, 6.07) is 0. The SMILES string of the molecule is C[C@]12CCC3=C4CCC(=O)C=C4CCC3=C1CCC2=O. The molecule has 0 N–H and O–H groups in total. The zero-order chi connectivity index (χ0) is 13.9. The Morgan fingerprint density at radius 2 is 1.65 bits per heavy atom. The van der Waals surface area contributed by atoms with Gasteiger partial charge in [-0.3, -0.25) is 9.59 Å². The van der Waals surface area contributed by atoms with Crippen molar-refractivity contribution in [3.05, 3.63) is 33.9 Å². The molecule has 0 aliphatic heterocycles. The molecule has 0 spiro atoms. The van der Waals surface area contributed by atoms with Crippen LogP contribution in [0.15, 0.2) is 33.9 Å². The first-order chi connectivity index (χ1) is 9.59. The lowest BCUT2D eigenvalue weighted by atomic mass is 9.65. The van der Waals surface area contributed by atoms with Crippen LogP contribution >= 0.6 is 0 Å².